The molecular formula is C15H20N2O. The molecule has 1 amide bonds. The van der Waals surface area contributed by atoms with Crippen molar-refractivity contribution < 1.29 is 4.79 Å². The first-order valence-electron chi connectivity index (χ1n) is 6.48. The fourth-order valence-electron chi connectivity index (χ4n) is 1.98. The van der Waals surface area contributed by atoms with Gasteiger partial charge in [0.05, 0.1) is 6.54 Å². The number of fused-ring (bicyclic) bond motifs is 1. The molecule has 96 valence electrons. The Morgan fingerprint density at radius 2 is 2.11 bits per heavy atom. The summed E-state index contributed by atoms with van der Waals surface area (Å²) >= 11 is 0. The fourth-order valence-corrected chi connectivity index (χ4v) is 1.98. The van der Waals surface area contributed by atoms with Gasteiger partial charge in [-0.1, -0.05) is 32.9 Å². The van der Waals surface area contributed by atoms with Crippen molar-refractivity contribution >= 4 is 16.8 Å². The minimum Gasteiger partial charge on any atom is -0.357 e. The van der Waals surface area contributed by atoms with Crippen LogP contribution < -0.4 is 5.32 Å². The molecule has 2 rings (SSSR count). The van der Waals surface area contributed by atoms with E-state index >= 15 is 0 Å². The summed E-state index contributed by atoms with van der Waals surface area (Å²) in [5.41, 5.74) is 3.52. The van der Waals surface area contributed by atoms with E-state index in [1.54, 1.807) is 0 Å². The maximum absolute atomic E-state index is 11.2. The maximum Gasteiger partial charge on any atom is 0.220 e. The van der Waals surface area contributed by atoms with E-state index in [2.05, 4.69) is 48.4 Å². The molecule has 0 bridgehead atoms. The smallest absolute Gasteiger partial charge is 0.220 e. The van der Waals surface area contributed by atoms with Gasteiger partial charge in [0.15, 0.2) is 0 Å². The van der Waals surface area contributed by atoms with Gasteiger partial charge in [0, 0.05) is 17.6 Å². The van der Waals surface area contributed by atoms with E-state index in [0.717, 1.165) is 11.2 Å². The van der Waals surface area contributed by atoms with Gasteiger partial charge in [-0.2, -0.15) is 0 Å². The van der Waals surface area contributed by atoms with Crippen molar-refractivity contribution in [3.05, 3.63) is 35.5 Å². The first-order chi connectivity index (χ1) is 8.60. The van der Waals surface area contributed by atoms with Crippen LogP contribution in [0.5, 0.6) is 0 Å². The zero-order chi connectivity index (χ0) is 13.1. The van der Waals surface area contributed by atoms with Crippen molar-refractivity contribution in [1.82, 2.24) is 10.3 Å². The van der Waals surface area contributed by atoms with Gasteiger partial charge < -0.3 is 10.3 Å². The summed E-state index contributed by atoms with van der Waals surface area (Å²) in [5.74, 6) is 0.609. The van der Waals surface area contributed by atoms with Gasteiger partial charge in [0.1, 0.15) is 0 Å². The highest BCUT2D eigenvalue weighted by Gasteiger charge is 2.05. The van der Waals surface area contributed by atoms with Crippen LogP contribution in [0.15, 0.2) is 24.3 Å². The molecular weight excluding hydrogens is 224 g/mol. The number of aromatic nitrogens is 1. The molecule has 0 aliphatic carbocycles. The van der Waals surface area contributed by atoms with Gasteiger partial charge in [-0.3, -0.25) is 4.79 Å². The average Bonchev–Trinajstić information content (AvgIpc) is 2.77. The summed E-state index contributed by atoms with van der Waals surface area (Å²) in [7, 11) is 0. The Morgan fingerprint density at radius 3 is 2.78 bits per heavy atom. The second kappa shape index (κ2) is 5.25. The summed E-state index contributed by atoms with van der Waals surface area (Å²) < 4.78 is 0. The quantitative estimate of drug-likeness (QED) is 0.851. The first-order valence-corrected chi connectivity index (χ1v) is 6.48. The molecule has 0 fully saturated rings. The second-order valence-corrected chi connectivity index (χ2v) is 4.93. The summed E-state index contributed by atoms with van der Waals surface area (Å²) in [6.07, 6.45) is 0.526. The van der Waals surface area contributed by atoms with Gasteiger partial charge in [0.2, 0.25) is 5.91 Å². The molecule has 18 heavy (non-hydrogen) atoms. The lowest BCUT2D eigenvalue weighted by atomic mass is 10.0. The van der Waals surface area contributed by atoms with E-state index in [1.807, 2.05) is 6.92 Å². The lowest BCUT2D eigenvalue weighted by Gasteiger charge is -2.04. The molecule has 1 heterocycles. The molecule has 1 aromatic carbocycles. The molecule has 0 saturated carbocycles. The van der Waals surface area contributed by atoms with Gasteiger partial charge in [-0.25, -0.2) is 0 Å². The van der Waals surface area contributed by atoms with Crippen molar-refractivity contribution in [2.75, 3.05) is 0 Å². The molecule has 0 aliphatic heterocycles. The van der Waals surface area contributed by atoms with Crippen LogP contribution in [0, 0.1) is 0 Å². The van der Waals surface area contributed by atoms with Crippen molar-refractivity contribution in [2.24, 2.45) is 0 Å². The molecule has 0 unspecified atom stereocenters. The Bertz CT molecular complexity index is 555. The third kappa shape index (κ3) is 2.73. The van der Waals surface area contributed by atoms with Gasteiger partial charge in [-0.05, 0) is 29.0 Å². The third-order valence-corrected chi connectivity index (χ3v) is 3.17. The minimum absolute atomic E-state index is 0.0801. The average molecular weight is 244 g/mol. The van der Waals surface area contributed by atoms with E-state index in [0.29, 0.717) is 18.9 Å². The number of hydrogen-bond donors (Lipinski definition) is 2. The molecule has 0 radical (unpaired) electrons. The predicted molar refractivity (Wildman–Crippen MR) is 74.5 cm³/mol. The highest BCUT2D eigenvalue weighted by molar-refractivity contribution is 5.81. The van der Waals surface area contributed by atoms with Crippen LogP contribution in [-0.4, -0.2) is 10.9 Å². The van der Waals surface area contributed by atoms with Crippen LogP contribution in [0.1, 0.15) is 44.4 Å². The number of amides is 1. The molecule has 0 atom stereocenters. The molecule has 2 aromatic rings. The highest BCUT2D eigenvalue weighted by atomic mass is 16.1. The zero-order valence-electron chi connectivity index (χ0n) is 11.2. The number of H-pyrrole nitrogens is 1. The molecule has 0 spiro atoms. The molecule has 3 heteroatoms. The van der Waals surface area contributed by atoms with E-state index < -0.39 is 0 Å². The summed E-state index contributed by atoms with van der Waals surface area (Å²) in [6.45, 7) is 6.80. The Balaban J connectivity index is 2.19. The number of aromatic amines is 1. The predicted octanol–water partition coefficient (Wildman–Crippen LogP) is 3.32. The van der Waals surface area contributed by atoms with Crippen molar-refractivity contribution in [3.8, 4) is 0 Å². The Kier molecular flexibility index (Phi) is 3.70. The first kappa shape index (κ1) is 12.7. The Labute approximate surface area is 108 Å². The standard InChI is InChI=1S/C15H20N2O/c1-4-15(18)16-9-13-7-12-6-5-11(10(2)3)8-14(12)17-13/h5-8,10,17H,4,9H2,1-3H3,(H,16,18). The summed E-state index contributed by atoms with van der Waals surface area (Å²) in [5, 5.41) is 4.07. The molecule has 2 N–H and O–H groups in total. The van der Waals surface area contributed by atoms with Gasteiger partial charge >= 0.3 is 0 Å². The number of benzene rings is 1. The molecule has 0 saturated heterocycles. The van der Waals surface area contributed by atoms with Crippen LogP contribution >= 0.6 is 0 Å². The maximum atomic E-state index is 11.2. The number of hydrogen-bond acceptors (Lipinski definition) is 1. The second-order valence-electron chi connectivity index (χ2n) is 4.93. The van der Waals surface area contributed by atoms with Gasteiger partial charge in [-0.15, -0.1) is 0 Å². The lowest BCUT2D eigenvalue weighted by Crippen LogP contribution is -2.21. The van der Waals surface area contributed by atoms with Crippen LogP contribution in [-0.2, 0) is 11.3 Å². The minimum atomic E-state index is 0.0801. The SMILES string of the molecule is CCC(=O)NCc1cc2ccc(C(C)C)cc2[nH]1. The van der Waals surface area contributed by atoms with E-state index in [-0.39, 0.29) is 5.91 Å². The lowest BCUT2D eigenvalue weighted by molar-refractivity contribution is -0.120. The van der Waals surface area contributed by atoms with Crippen molar-refractivity contribution in [1.29, 1.82) is 0 Å². The number of nitrogens with one attached hydrogen (secondary N) is 2. The number of carbonyl (C=O) groups excluding carboxylic acids is 1. The molecule has 1 aromatic heterocycles. The fraction of sp³-hybridized carbons (Fsp3) is 0.400. The Hall–Kier alpha value is -1.77. The number of rotatable bonds is 4. The van der Waals surface area contributed by atoms with Crippen LogP contribution in [0.25, 0.3) is 10.9 Å². The largest absolute Gasteiger partial charge is 0.357 e. The van der Waals surface area contributed by atoms with E-state index in [9.17, 15) is 4.79 Å². The summed E-state index contributed by atoms with van der Waals surface area (Å²) in [6, 6.07) is 8.57. The normalized spacial score (nSPS) is 11.1. The molecule has 0 aliphatic rings. The van der Waals surface area contributed by atoms with E-state index in [4.69, 9.17) is 0 Å². The number of carbonyl (C=O) groups is 1. The third-order valence-electron chi connectivity index (χ3n) is 3.17. The molecule has 3 nitrogen and oxygen atoms in total. The van der Waals surface area contributed by atoms with Crippen LogP contribution in [0.4, 0.5) is 0 Å². The van der Waals surface area contributed by atoms with Crippen LogP contribution in [0.3, 0.4) is 0 Å². The topological polar surface area (TPSA) is 44.9 Å². The van der Waals surface area contributed by atoms with E-state index in [1.165, 1.54) is 10.9 Å². The van der Waals surface area contributed by atoms with Crippen molar-refractivity contribution in [2.45, 2.75) is 39.7 Å². The van der Waals surface area contributed by atoms with Gasteiger partial charge in [0.25, 0.3) is 0 Å². The summed E-state index contributed by atoms with van der Waals surface area (Å²) in [4.78, 5) is 14.6. The van der Waals surface area contributed by atoms with Crippen LogP contribution in [0.2, 0.25) is 0 Å². The Morgan fingerprint density at radius 1 is 1.33 bits per heavy atom. The highest BCUT2D eigenvalue weighted by Crippen LogP contribution is 2.21. The van der Waals surface area contributed by atoms with Crippen molar-refractivity contribution in [3.63, 3.8) is 0 Å². The zero-order valence-corrected chi connectivity index (χ0v) is 11.2. The monoisotopic (exact) mass is 244 g/mol.